The molecule has 4 rings (SSSR count). The van der Waals surface area contributed by atoms with Gasteiger partial charge in [-0.2, -0.15) is 5.10 Å². The number of nitrogens with one attached hydrogen (secondary N) is 1. The number of nitrogens with zero attached hydrogens (tertiary/aromatic N) is 3. The van der Waals surface area contributed by atoms with E-state index in [1.54, 1.807) is 18.2 Å². The number of halogens is 1. The molecular weight excluding hydrogens is 484 g/mol. The highest BCUT2D eigenvalue weighted by Gasteiger charge is 2.20. The maximum atomic E-state index is 11.4. The van der Waals surface area contributed by atoms with Crippen molar-refractivity contribution in [2.45, 2.75) is 0 Å². The van der Waals surface area contributed by atoms with Crippen molar-refractivity contribution in [2.24, 2.45) is 5.10 Å². The van der Waals surface area contributed by atoms with Gasteiger partial charge in [0.1, 0.15) is 18.9 Å². The van der Waals surface area contributed by atoms with Crippen molar-refractivity contribution in [1.82, 2.24) is 0 Å². The Morgan fingerprint density at radius 1 is 0.875 bits per heavy atom. The molecule has 0 saturated heterocycles. The van der Waals surface area contributed by atoms with E-state index < -0.39 is 15.5 Å². The lowest BCUT2D eigenvalue weighted by atomic mass is 10.0. The fraction of sp³-hybridized carbons (Fsp3) is 0.0952. The lowest BCUT2D eigenvalue weighted by Crippen LogP contribution is -2.16. The van der Waals surface area contributed by atoms with Gasteiger partial charge in [-0.05, 0) is 36.4 Å². The van der Waals surface area contributed by atoms with Gasteiger partial charge in [-0.25, -0.2) is 0 Å². The van der Waals surface area contributed by atoms with Gasteiger partial charge in [-0.1, -0.05) is 28.1 Å². The van der Waals surface area contributed by atoms with E-state index in [4.69, 9.17) is 9.47 Å². The van der Waals surface area contributed by atoms with Gasteiger partial charge in [-0.15, -0.1) is 0 Å². The first-order chi connectivity index (χ1) is 15.4. The van der Waals surface area contributed by atoms with Gasteiger partial charge in [0.25, 0.3) is 5.69 Å². The standard InChI is InChI=1S/C21H15BrN4O6/c22-15-4-1-13(2-5-15)21(14-3-8-19-20(11-14)32-10-9-31-19)24-23-17-7-6-16(25(27)28)12-18(17)26(29)30/h1-8,11-12,23H,9-10H2. The number of hydrogen-bond donors (Lipinski definition) is 1. The second-order valence-electron chi connectivity index (χ2n) is 6.65. The monoisotopic (exact) mass is 498 g/mol. The molecule has 1 N–H and O–H groups in total. The Kier molecular flexibility index (Phi) is 5.99. The highest BCUT2D eigenvalue weighted by Crippen LogP contribution is 2.33. The summed E-state index contributed by atoms with van der Waals surface area (Å²) in [6.07, 6.45) is 0. The summed E-state index contributed by atoms with van der Waals surface area (Å²) in [6.45, 7) is 0.889. The number of nitro benzene ring substituents is 2. The van der Waals surface area contributed by atoms with E-state index in [9.17, 15) is 20.2 Å². The number of anilines is 1. The number of nitro groups is 2. The topological polar surface area (TPSA) is 129 Å². The zero-order valence-corrected chi connectivity index (χ0v) is 17.9. The molecule has 1 aliphatic heterocycles. The van der Waals surface area contributed by atoms with E-state index in [-0.39, 0.29) is 11.4 Å². The molecule has 0 aliphatic carbocycles. The molecule has 0 aromatic heterocycles. The molecule has 0 amide bonds. The van der Waals surface area contributed by atoms with Crippen LogP contribution in [0.5, 0.6) is 11.5 Å². The zero-order chi connectivity index (χ0) is 22.7. The molecule has 0 unspecified atom stereocenters. The van der Waals surface area contributed by atoms with E-state index in [0.717, 1.165) is 16.1 Å². The third kappa shape index (κ3) is 4.52. The lowest BCUT2D eigenvalue weighted by molar-refractivity contribution is -0.393. The molecule has 10 nitrogen and oxygen atoms in total. The zero-order valence-electron chi connectivity index (χ0n) is 16.4. The van der Waals surface area contributed by atoms with Crippen molar-refractivity contribution in [2.75, 3.05) is 18.6 Å². The first kappa shape index (κ1) is 21.2. The van der Waals surface area contributed by atoms with Crippen LogP contribution in [0.3, 0.4) is 0 Å². The highest BCUT2D eigenvalue weighted by atomic mass is 79.9. The molecular formula is C21H15BrN4O6. The number of non-ortho nitro benzene ring substituents is 1. The van der Waals surface area contributed by atoms with Crippen LogP contribution in [0.25, 0.3) is 0 Å². The van der Waals surface area contributed by atoms with E-state index in [1.165, 1.54) is 12.1 Å². The Hall–Kier alpha value is -3.99. The van der Waals surface area contributed by atoms with Crippen LogP contribution in [0.1, 0.15) is 11.1 Å². The second-order valence-corrected chi connectivity index (χ2v) is 7.57. The number of ether oxygens (including phenoxy) is 2. The molecule has 3 aromatic carbocycles. The molecule has 11 heteroatoms. The molecule has 0 fully saturated rings. The molecule has 0 atom stereocenters. The molecule has 3 aromatic rings. The summed E-state index contributed by atoms with van der Waals surface area (Å²) in [4.78, 5) is 21.0. The van der Waals surface area contributed by atoms with Gasteiger partial charge >= 0.3 is 5.69 Å². The second kappa shape index (κ2) is 9.02. The van der Waals surface area contributed by atoms with E-state index in [0.29, 0.717) is 36.0 Å². The summed E-state index contributed by atoms with van der Waals surface area (Å²) in [7, 11) is 0. The molecule has 1 aliphatic rings. The average Bonchev–Trinajstić information content (AvgIpc) is 2.80. The average molecular weight is 499 g/mol. The first-order valence-electron chi connectivity index (χ1n) is 9.35. The number of hydrazone groups is 1. The Morgan fingerprint density at radius 3 is 2.25 bits per heavy atom. The van der Waals surface area contributed by atoms with Crippen molar-refractivity contribution in [3.63, 3.8) is 0 Å². The van der Waals surface area contributed by atoms with Gasteiger partial charge in [0, 0.05) is 21.7 Å². The molecule has 0 radical (unpaired) electrons. The first-order valence-corrected chi connectivity index (χ1v) is 10.1. The summed E-state index contributed by atoms with van der Waals surface area (Å²) in [6, 6.07) is 16.0. The van der Waals surface area contributed by atoms with Crippen molar-refractivity contribution in [3.8, 4) is 11.5 Å². The smallest absolute Gasteiger partial charge is 0.301 e. The van der Waals surface area contributed by atoms with E-state index in [2.05, 4.69) is 26.5 Å². The fourth-order valence-corrected chi connectivity index (χ4v) is 3.35. The minimum absolute atomic E-state index is 0.0211. The van der Waals surface area contributed by atoms with Crippen LogP contribution < -0.4 is 14.9 Å². The quantitative estimate of drug-likeness (QED) is 0.290. The van der Waals surface area contributed by atoms with Crippen molar-refractivity contribution in [3.05, 3.63) is 96.5 Å². The molecule has 162 valence electrons. The summed E-state index contributed by atoms with van der Waals surface area (Å²) >= 11 is 3.40. The van der Waals surface area contributed by atoms with Gasteiger partial charge in [-0.3, -0.25) is 25.7 Å². The van der Waals surface area contributed by atoms with Gasteiger partial charge in [0.2, 0.25) is 0 Å². The van der Waals surface area contributed by atoms with Crippen molar-refractivity contribution < 1.29 is 19.3 Å². The maximum Gasteiger partial charge on any atom is 0.301 e. The predicted molar refractivity (Wildman–Crippen MR) is 121 cm³/mol. The van der Waals surface area contributed by atoms with Crippen LogP contribution in [0.15, 0.2) is 70.2 Å². The Balaban J connectivity index is 1.77. The van der Waals surface area contributed by atoms with Crippen LogP contribution in [-0.2, 0) is 0 Å². The maximum absolute atomic E-state index is 11.4. The Labute approximate surface area is 189 Å². The number of benzene rings is 3. The minimum Gasteiger partial charge on any atom is -0.486 e. The van der Waals surface area contributed by atoms with Crippen molar-refractivity contribution >= 4 is 38.7 Å². The number of rotatable bonds is 6. The van der Waals surface area contributed by atoms with Gasteiger partial charge in [0.15, 0.2) is 11.5 Å². The molecule has 1 heterocycles. The van der Waals surface area contributed by atoms with Gasteiger partial charge < -0.3 is 9.47 Å². The van der Waals surface area contributed by atoms with Crippen LogP contribution in [0, 0.1) is 20.2 Å². The van der Waals surface area contributed by atoms with Crippen LogP contribution in [0.4, 0.5) is 17.1 Å². The summed E-state index contributed by atoms with van der Waals surface area (Å²) < 4.78 is 12.1. The van der Waals surface area contributed by atoms with E-state index in [1.807, 2.05) is 24.3 Å². The summed E-state index contributed by atoms with van der Waals surface area (Å²) in [5, 5.41) is 26.8. The SMILES string of the molecule is O=[N+]([O-])c1ccc(NN=C(c2ccc(Br)cc2)c2ccc3c(c2)OCCO3)c([N+](=O)[O-])c1. The molecule has 0 bridgehead atoms. The fourth-order valence-electron chi connectivity index (χ4n) is 3.09. The normalized spacial score (nSPS) is 12.8. The lowest BCUT2D eigenvalue weighted by Gasteiger charge is -2.19. The van der Waals surface area contributed by atoms with E-state index >= 15 is 0 Å². The van der Waals surface area contributed by atoms with Gasteiger partial charge in [0.05, 0.1) is 21.6 Å². The van der Waals surface area contributed by atoms with Crippen LogP contribution >= 0.6 is 15.9 Å². The molecule has 0 spiro atoms. The van der Waals surface area contributed by atoms with Crippen LogP contribution in [-0.4, -0.2) is 28.8 Å². The largest absolute Gasteiger partial charge is 0.486 e. The van der Waals surface area contributed by atoms with Crippen LogP contribution in [0.2, 0.25) is 0 Å². The summed E-state index contributed by atoms with van der Waals surface area (Å²) in [5.74, 6) is 1.19. The molecule has 0 saturated carbocycles. The summed E-state index contributed by atoms with van der Waals surface area (Å²) in [5.41, 5.74) is 3.79. The van der Waals surface area contributed by atoms with Crippen molar-refractivity contribution in [1.29, 1.82) is 0 Å². The minimum atomic E-state index is -0.700. The third-order valence-corrected chi connectivity index (χ3v) is 5.14. The predicted octanol–water partition coefficient (Wildman–Crippen LogP) is 4.90. The number of hydrogen-bond acceptors (Lipinski definition) is 8. The molecule has 32 heavy (non-hydrogen) atoms. The number of fused-ring (bicyclic) bond motifs is 1. The highest BCUT2D eigenvalue weighted by molar-refractivity contribution is 9.10. The Morgan fingerprint density at radius 2 is 1.56 bits per heavy atom. The Bertz CT molecular complexity index is 1230. The third-order valence-electron chi connectivity index (χ3n) is 4.61.